The second kappa shape index (κ2) is 9.00. The highest BCUT2D eigenvalue weighted by Gasteiger charge is 2.07. The van der Waals surface area contributed by atoms with Crippen LogP contribution in [0.15, 0.2) is 40.9 Å². The van der Waals surface area contributed by atoms with Crippen molar-refractivity contribution in [3.8, 4) is 11.3 Å². The molecule has 0 saturated carbocycles. The van der Waals surface area contributed by atoms with Gasteiger partial charge in [0.15, 0.2) is 11.7 Å². The summed E-state index contributed by atoms with van der Waals surface area (Å²) in [5.41, 5.74) is 1.02. The summed E-state index contributed by atoms with van der Waals surface area (Å²) in [6, 6.07) is 9.88. The summed E-state index contributed by atoms with van der Waals surface area (Å²) in [5.74, 6) is 1.53. The molecule has 5 heteroatoms. The highest BCUT2D eigenvalue weighted by Crippen LogP contribution is 2.20. The summed E-state index contributed by atoms with van der Waals surface area (Å²) in [6.07, 6.45) is 3.64. The first-order valence-corrected chi connectivity index (χ1v) is 7.77. The first kappa shape index (κ1) is 16.2. The van der Waals surface area contributed by atoms with Crippen molar-refractivity contribution < 1.29 is 9.21 Å². The maximum atomic E-state index is 11.6. The Hall–Kier alpha value is -2.14. The first-order valence-electron chi connectivity index (χ1n) is 7.77. The van der Waals surface area contributed by atoms with E-state index in [1.807, 2.05) is 37.3 Å². The minimum absolute atomic E-state index is 0.0766. The van der Waals surface area contributed by atoms with Crippen molar-refractivity contribution in [3.63, 3.8) is 0 Å². The van der Waals surface area contributed by atoms with Gasteiger partial charge in [0.25, 0.3) is 0 Å². The fourth-order valence-corrected chi connectivity index (χ4v) is 2.12. The Bertz CT molecular complexity index is 566. The van der Waals surface area contributed by atoms with Gasteiger partial charge in [0, 0.05) is 31.5 Å². The fourth-order valence-electron chi connectivity index (χ4n) is 2.12. The molecule has 0 aliphatic heterocycles. The molecular formula is C17H23N3O2. The van der Waals surface area contributed by atoms with Gasteiger partial charge in [-0.15, -0.1) is 0 Å². The van der Waals surface area contributed by atoms with E-state index in [0.717, 1.165) is 30.8 Å². The Morgan fingerprint density at radius 2 is 2.05 bits per heavy atom. The number of nitrogens with zero attached hydrogens (tertiary/aromatic N) is 1. The summed E-state index contributed by atoms with van der Waals surface area (Å²) >= 11 is 0. The number of aryl methyl sites for hydroxylation is 1. The SMILES string of the molecule is CCNCCNC(=O)CCCc1ncc(-c2ccccc2)o1. The molecule has 0 saturated heterocycles. The van der Waals surface area contributed by atoms with Gasteiger partial charge in [-0.1, -0.05) is 37.3 Å². The Labute approximate surface area is 131 Å². The zero-order valence-corrected chi connectivity index (χ0v) is 13.0. The van der Waals surface area contributed by atoms with Crippen LogP contribution in [0.25, 0.3) is 11.3 Å². The molecule has 0 aliphatic carbocycles. The van der Waals surface area contributed by atoms with E-state index in [4.69, 9.17) is 4.42 Å². The second-order valence-electron chi connectivity index (χ2n) is 5.04. The normalized spacial score (nSPS) is 10.6. The molecule has 0 bridgehead atoms. The van der Waals surface area contributed by atoms with E-state index in [1.165, 1.54) is 0 Å². The zero-order chi connectivity index (χ0) is 15.6. The van der Waals surface area contributed by atoms with Gasteiger partial charge in [-0.2, -0.15) is 0 Å². The number of oxazole rings is 1. The molecule has 2 N–H and O–H groups in total. The van der Waals surface area contributed by atoms with Gasteiger partial charge >= 0.3 is 0 Å². The molecule has 5 nitrogen and oxygen atoms in total. The topological polar surface area (TPSA) is 67.2 Å². The summed E-state index contributed by atoms with van der Waals surface area (Å²) < 4.78 is 5.71. The third kappa shape index (κ3) is 5.33. The lowest BCUT2D eigenvalue weighted by Gasteiger charge is -2.04. The number of hydrogen-bond donors (Lipinski definition) is 2. The summed E-state index contributed by atoms with van der Waals surface area (Å²) in [5, 5.41) is 6.05. The van der Waals surface area contributed by atoms with Crippen molar-refractivity contribution in [2.75, 3.05) is 19.6 Å². The lowest BCUT2D eigenvalue weighted by molar-refractivity contribution is -0.121. The number of amides is 1. The van der Waals surface area contributed by atoms with E-state index in [1.54, 1.807) is 6.20 Å². The number of rotatable bonds is 9. The van der Waals surface area contributed by atoms with E-state index >= 15 is 0 Å². The Morgan fingerprint density at radius 1 is 1.23 bits per heavy atom. The van der Waals surface area contributed by atoms with Crippen LogP contribution in [0.5, 0.6) is 0 Å². The van der Waals surface area contributed by atoms with Crippen molar-refractivity contribution in [3.05, 3.63) is 42.4 Å². The molecule has 1 heterocycles. The predicted octanol–water partition coefficient (Wildman–Crippen LogP) is 2.39. The van der Waals surface area contributed by atoms with Crippen LogP contribution < -0.4 is 10.6 Å². The van der Waals surface area contributed by atoms with Gasteiger partial charge in [0.2, 0.25) is 5.91 Å². The largest absolute Gasteiger partial charge is 0.441 e. The van der Waals surface area contributed by atoms with Crippen LogP contribution >= 0.6 is 0 Å². The molecule has 2 aromatic rings. The van der Waals surface area contributed by atoms with Gasteiger partial charge in [0.05, 0.1) is 6.20 Å². The molecular weight excluding hydrogens is 278 g/mol. The van der Waals surface area contributed by atoms with E-state index in [2.05, 4.69) is 15.6 Å². The zero-order valence-electron chi connectivity index (χ0n) is 13.0. The average Bonchev–Trinajstić information content (AvgIpc) is 3.01. The maximum Gasteiger partial charge on any atom is 0.220 e. The smallest absolute Gasteiger partial charge is 0.220 e. The molecule has 0 radical (unpaired) electrons. The molecule has 2 rings (SSSR count). The molecule has 22 heavy (non-hydrogen) atoms. The second-order valence-corrected chi connectivity index (χ2v) is 5.04. The van der Waals surface area contributed by atoms with Crippen LogP contribution in [0.4, 0.5) is 0 Å². The van der Waals surface area contributed by atoms with E-state index in [-0.39, 0.29) is 5.91 Å². The highest BCUT2D eigenvalue weighted by atomic mass is 16.4. The monoisotopic (exact) mass is 301 g/mol. The van der Waals surface area contributed by atoms with Gasteiger partial charge in [-0.05, 0) is 13.0 Å². The van der Waals surface area contributed by atoms with Crippen molar-refractivity contribution in [2.24, 2.45) is 0 Å². The van der Waals surface area contributed by atoms with Crippen molar-refractivity contribution in [2.45, 2.75) is 26.2 Å². The van der Waals surface area contributed by atoms with Gasteiger partial charge < -0.3 is 15.1 Å². The van der Waals surface area contributed by atoms with Crippen molar-refractivity contribution in [1.29, 1.82) is 0 Å². The molecule has 0 fully saturated rings. The quantitative estimate of drug-likeness (QED) is 0.698. The average molecular weight is 301 g/mol. The van der Waals surface area contributed by atoms with Gasteiger partial charge in [-0.3, -0.25) is 4.79 Å². The van der Waals surface area contributed by atoms with Crippen molar-refractivity contribution >= 4 is 5.91 Å². The molecule has 1 amide bonds. The lowest BCUT2D eigenvalue weighted by Crippen LogP contribution is -2.31. The fraction of sp³-hybridized carbons (Fsp3) is 0.412. The summed E-state index contributed by atoms with van der Waals surface area (Å²) in [7, 11) is 0. The molecule has 1 aromatic heterocycles. The third-order valence-electron chi connectivity index (χ3n) is 3.28. The summed E-state index contributed by atoms with van der Waals surface area (Å²) in [6.45, 7) is 4.44. The first-order chi connectivity index (χ1) is 10.8. The lowest BCUT2D eigenvalue weighted by atomic mass is 10.2. The maximum absolute atomic E-state index is 11.6. The van der Waals surface area contributed by atoms with Crippen LogP contribution in [0, 0.1) is 0 Å². The van der Waals surface area contributed by atoms with Crippen LogP contribution in [0.3, 0.4) is 0 Å². The van der Waals surface area contributed by atoms with E-state index in [9.17, 15) is 4.79 Å². The molecule has 0 unspecified atom stereocenters. The van der Waals surface area contributed by atoms with Crippen LogP contribution in [0.1, 0.15) is 25.7 Å². The number of nitrogens with one attached hydrogen (secondary N) is 2. The summed E-state index contributed by atoms with van der Waals surface area (Å²) in [4.78, 5) is 15.9. The Kier molecular flexibility index (Phi) is 6.64. The predicted molar refractivity (Wildman–Crippen MR) is 86.4 cm³/mol. The van der Waals surface area contributed by atoms with E-state index in [0.29, 0.717) is 25.3 Å². The van der Waals surface area contributed by atoms with E-state index < -0.39 is 0 Å². The molecule has 0 spiro atoms. The van der Waals surface area contributed by atoms with Crippen LogP contribution in [-0.4, -0.2) is 30.5 Å². The van der Waals surface area contributed by atoms with Crippen LogP contribution in [0.2, 0.25) is 0 Å². The minimum atomic E-state index is 0.0766. The Morgan fingerprint density at radius 3 is 2.82 bits per heavy atom. The van der Waals surface area contributed by atoms with Gasteiger partial charge in [0.1, 0.15) is 0 Å². The number of hydrogen-bond acceptors (Lipinski definition) is 4. The molecule has 118 valence electrons. The number of aromatic nitrogens is 1. The standard InChI is InChI=1S/C17H23N3O2/c1-2-18-11-12-19-16(21)9-6-10-17-20-13-15(22-17)14-7-4-3-5-8-14/h3-5,7-8,13,18H,2,6,9-12H2,1H3,(H,19,21). The Balaban J connectivity index is 1.69. The number of carbonyl (C=O) groups excluding carboxylic acids is 1. The number of carbonyl (C=O) groups is 1. The third-order valence-corrected chi connectivity index (χ3v) is 3.28. The molecule has 0 atom stereocenters. The number of likely N-dealkylation sites (N-methyl/N-ethyl adjacent to an activating group) is 1. The number of benzene rings is 1. The minimum Gasteiger partial charge on any atom is -0.441 e. The highest BCUT2D eigenvalue weighted by molar-refractivity contribution is 5.75. The molecule has 0 aliphatic rings. The molecule has 1 aromatic carbocycles. The van der Waals surface area contributed by atoms with Gasteiger partial charge in [-0.25, -0.2) is 4.98 Å². The van der Waals surface area contributed by atoms with Crippen LogP contribution in [-0.2, 0) is 11.2 Å². The van der Waals surface area contributed by atoms with Crippen molar-refractivity contribution in [1.82, 2.24) is 15.6 Å².